The van der Waals surface area contributed by atoms with Crippen molar-refractivity contribution in [2.24, 2.45) is 0 Å². The molecule has 1 rings (SSSR count). The number of carboxylic acids is 1. The van der Waals surface area contributed by atoms with Gasteiger partial charge in [0.15, 0.2) is 11.7 Å². The van der Waals surface area contributed by atoms with Gasteiger partial charge in [-0.3, -0.25) is 5.32 Å². The van der Waals surface area contributed by atoms with E-state index in [9.17, 15) is 9.59 Å². The molecule has 0 aliphatic rings. The fourth-order valence-corrected chi connectivity index (χ4v) is 1.06. The summed E-state index contributed by atoms with van der Waals surface area (Å²) in [6.45, 7) is 6.56. The van der Waals surface area contributed by atoms with Gasteiger partial charge in [0.1, 0.15) is 5.60 Å². The Morgan fingerprint density at radius 3 is 2.47 bits per heavy atom. The molecule has 0 aliphatic heterocycles. The standard InChI is InChI=1S/C10H14N2O5/c1-5-11-7(6(16-5)8(13)14)12-9(15)17-10(2,3)4/h1-4H3,(H,12,15)(H,13,14). The number of aromatic carboxylic acids is 1. The van der Waals surface area contributed by atoms with Crippen molar-refractivity contribution >= 4 is 17.9 Å². The Balaban J connectivity index is 2.81. The highest BCUT2D eigenvalue weighted by molar-refractivity contribution is 5.95. The molecule has 0 atom stereocenters. The van der Waals surface area contributed by atoms with E-state index in [0.717, 1.165) is 0 Å². The smallest absolute Gasteiger partial charge is 0.413 e. The number of nitrogens with one attached hydrogen (secondary N) is 1. The average molecular weight is 242 g/mol. The Bertz CT molecular complexity index is 444. The molecule has 0 saturated heterocycles. The lowest BCUT2D eigenvalue weighted by atomic mass is 10.2. The number of ether oxygens (including phenoxy) is 1. The maximum atomic E-state index is 11.4. The van der Waals surface area contributed by atoms with Crippen LogP contribution in [-0.4, -0.2) is 27.8 Å². The predicted octanol–water partition coefficient (Wildman–Crippen LogP) is 2.03. The van der Waals surface area contributed by atoms with E-state index in [4.69, 9.17) is 14.3 Å². The van der Waals surface area contributed by atoms with Gasteiger partial charge in [0, 0.05) is 6.92 Å². The van der Waals surface area contributed by atoms with Crippen molar-refractivity contribution in [3.63, 3.8) is 0 Å². The van der Waals surface area contributed by atoms with Gasteiger partial charge in [-0.1, -0.05) is 0 Å². The lowest BCUT2D eigenvalue weighted by molar-refractivity contribution is 0.0635. The van der Waals surface area contributed by atoms with Crippen LogP contribution >= 0.6 is 0 Å². The monoisotopic (exact) mass is 242 g/mol. The highest BCUT2D eigenvalue weighted by atomic mass is 16.6. The van der Waals surface area contributed by atoms with Crippen molar-refractivity contribution in [3.8, 4) is 0 Å². The third-order valence-corrected chi connectivity index (χ3v) is 1.55. The number of carbonyl (C=O) groups is 2. The van der Waals surface area contributed by atoms with E-state index in [1.807, 2.05) is 0 Å². The van der Waals surface area contributed by atoms with Crippen LogP contribution in [0.25, 0.3) is 0 Å². The Hall–Kier alpha value is -2.05. The molecule has 0 radical (unpaired) electrons. The van der Waals surface area contributed by atoms with E-state index in [1.165, 1.54) is 6.92 Å². The van der Waals surface area contributed by atoms with E-state index in [2.05, 4.69) is 10.3 Å². The molecule has 0 unspecified atom stereocenters. The Morgan fingerprint density at radius 1 is 1.41 bits per heavy atom. The molecule has 0 bridgehead atoms. The summed E-state index contributed by atoms with van der Waals surface area (Å²) < 4.78 is 9.79. The zero-order chi connectivity index (χ0) is 13.2. The quantitative estimate of drug-likeness (QED) is 0.822. The third kappa shape index (κ3) is 3.78. The third-order valence-electron chi connectivity index (χ3n) is 1.55. The molecule has 0 saturated carbocycles. The number of rotatable bonds is 2. The SMILES string of the molecule is Cc1nc(NC(=O)OC(C)(C)C)c(C(=O)O)o1. The number of carbonyl (C=O) groups excluding carboxylic acids is 1. The summed E-state index contributed by atoms with van der Waals surface area (Å²) in [5.41, 5.74) is -0.674. The lowest BCUT2D eigenvalue weighted by Gasteiger charge is -2.19. The number of aromatic nitrogens is 1. The van der Waals surface area contributed by atoms with Crippen LogP contribution in [0.3, 0.4) is 0 Å². The average Bonchev–Trinajstić information content (AvgIpc) is 2.42. The zero-order valence-corrected chi connectivity index (χ0v) is 10.0. The largest absolute Gasteiger partial charge is 0.475 e. The van der Waals surface area contributed by atoms with Crippen LogP contribution in [0, 0.1) is 6.92 Å². The maximum Gasteiger partial charge on any atom is 0.413 e. The van der Waals surface area contributed by atoms with Crippen molar-refractivity contribution in [2.45, 2.75) is 33.3 Å². The maximum absolute atomic E-state index is 11.4. The van der Waals surface area contributed by atoms with Crippen molar-refractivity contribution in [1.82, 2.24) is 4.98 Å². The minimum atomic E-state index is -1.31. The molecule has 7 nitrogen and oxygen atoms in total. The molecule has 7 heteroatoms. The number of hydrogen-bond donors (Lipinski definition) is 2. The Morgan fingerprint density at radius 2 is 2.00 bits per heavy atom. The molecule has 0 spiro atoms. The van der Waals surface area contributed by atoms with Gasteiger partial charge in [-0.2, -0.15) is 4.98 Å². The molecule has 17 heavy (non-hydrogen) atoms. The summed E-state index contributed by atoms with van der Waals surface area (Å²) in [6.07, 6.45) is -0.784. The van der Waals surface area contributed by atoms with Gasteiger partial charge < -0.3 is 14.3 Å². The number of hydrogen-bond acceptors (Lipinski definition) is 5. The van der Waals surface area contributed by atoms with Crippen molar-refractivity contribution < 1.29 is 23.8 Å². The number of amides is 1. The first-order chi connectivity index (χ1) is 7.69. The van der Waals surface area contributed by atoms with Crippen LogP contribution in [0.15, 0.2) is 4.42 Å². The molecular formula is C10H14N2O5. The van der Waals surface area contributed by atoms with Crippen LogP contribution in [0.4, 0.5) is 10.6 Å². The zero-order valence-electron chi connectivity index (χ0n) is 10.0. The fraction of sp³-hybridized carbons (Fsp3) is 0.500. The van der Waals surface area contributed by atoms with E-state index >= 15 is 0 Å². The Labute approximate surface area is 97.8 Å². The number of oxazole rings is 1. The number of nitrogens with zero attached hydrogens (tertiary/aromatic N) is 1. The summed E-state index contributed by atoms with van der Waals surface area (Å²) >= 11 is 0. The molecule has 1 aromatic rings. The van der Waals surface area contributed by atoms with Gasteiger partial charge >= 0.3 is 12.1 Å². The van der Waals surface area contributed by atoms with E-state index in [-0.39, 0.29) is 11.7 Å². The molecule has 1 amide bonds. The first kappa shape index (κ1) is 13.0. The van der Waals surface area contributed by atoms with Crippen molar-refractivity contribution in [1.29, 1.82) is 0 Å². The molecule has 1 aromatic heterocycles. The van der Waals surface area contributed by atoms with E-state index in [1.54, 1.807) is 20.8 Å². The van der Waals surface area contributed by atoms with Gasteiger partial charge in [-0.15, -0.1) is 0 Å². The van der Waals surface area contributed by atoms with Gasteiger partial charge in [0.25, 0.3) is 5.76 Å². The number of anilines is 1. The number of carboxylic acid groups (broad SMARTS) is 1. The van der Waals surface area contributed by atoms with Crippen LogP contribution in [0.1, 0.15) is 37.2 Å². The molecule has 94 valence electrons. The summed E-state index contributed by atoms with van der Waals surface area (Å²) in [4.78, 5) is 25.9. The van der Waals surface area contributed by atoms with E-state index < -0.39 is 23.4 Å². The fourth-order valence-electron chi connectivity index (χ4n) is 1.06. The predicted molar refractivity (Wildman–Crippen MR) is 58.1 cm³/mol. The Kier molecular flexibility index (Phi) is 3.40. The highest BCUT2D eigenvalue weighted by Crippen LogP contribution is 2.17. The molecule has 0 fully saturated rings. The van der Waals surface area contributed by atoms with Gasteiger partial charge in [0.2, 0.25) is 0 Å². The second-order valence-electron chi connectivity index (χ2n) is 4.34. The van der Waals surface area contributed by atoms with Crippen LogP contribution < -0.4 is 5.32 Å². The van der Waals surface area contributed by atoms with Gasteiger partial charge in [-0.25, -0.2) is 9.59 Å². The molecule has 2 N–H and O–H groups in total. The molecule has 0 aromatic carbocycles. The summed E-state index contributed by atoms with van der Waals surface area (Å²) in [6, 6.07) is 0. The van der Waals surface area contributed by atoms with Crippen molar-refractivity contribution in [2.75, 3.05) is 5.32 Å². The van der Waals surface area contributed by atoms with Crippen LogP contribution in [0.2, 0.25) is 0 Å². The summed E-state index contributed by atoms with van der Waals surface area (Å²) in [5.74, 6) is -1.75. The first-order valence-electron chi connectivity index (χ1n) is 4.90. The molecule has 1 heterocycles. The normalized spacial score (nSPS) is 11.1. The molecule has 0 aliphatic carbocycles. The minimum Gasteiger partial charge on any atom is -0.475 e. The molecular weight excluding hydrogens is 228 g/mol. The van der Waals surface area contributed by atoms with Gasteiger partial charge in [-0.05, 0) is 20.8 Å². The first-order valence-corrected chi connectivity index (χ1v) is 4.90. The lowest BCUT2D eigenvalue weighted by Crippen LogP contribution is -2.27. The summed E-state index contributed by atoms with van der Waals surface area (Å²) in [7, 11) is 0. The second kappa shape index (κ2) is 4.44. The number of aryl methyl sites for hydroxylation is 1. The van der Waals surface area contributed by atoms with E-state index in [0.29, 0.717) is 0 Å². The highest BCUT2D eigenvalue weighted by Gasteiger charge is 2.22. The van der Waals surface area contributed by atoms with Crippen LogP contribution in [0.5, 0.6) is 0 Å². The summed E-state index contributed by atoms with van der Waals surface area (Å²) in [5, 5.41) is 11.0. The van der Waals surface area contributed by atoms with Gasteiger partial charge in [0.05, 0.1) is 0 Å². The van der Waals surface area contributed by atoms with Crippen LogP contribution in [-0.2, 0) is 4.74 Å². The van der Waals surface area contributed by atoms with Crippen molar-refractivity contribution in [3.05, 3.63) is 11.7 Å². The second-order valence-corrected chi connectivity index (χ2v) is 4.34. The topological polar surface area (TPSA) is 102 Å². The minimum absolute atomic E-state index is 0.147.